The number of hydrogen-bond donors (Lipinski definition) is 2. The fraction of sp³-hybridized carbons (Fsp3) is 0.914. The predicted molar refractivity (Wildman–Crippen MR) is 175 cm³/mol. The number of nitrogens with zero attached hydrogens (tertiary/aromatic N) is 2. The van der Waals surface area contributed by atoms with E-state index in [1.165, 1.54) is 6.92 Å². The third-order valence-corrected chi connectivity index (χ3v) is 11.6. The Hall–Kier alpha value is -1.71. The van der Waals surface area contributed by atoms with Crippen LogP contribution < -0.4 is 0 Å². The van der Waals surface area contributed by atoms with Gasteiger partial charge in [-0.2, -0.15) is 0 Å². The maximum absolute atomic E-state index is 13.9. The van der Waals surface area contributed by atoms with Crippen molar-refractivity contribution >= 4 is 17.7 Å². The molecule has 0 radical (unpaired) electrons. The first-order valence-corrected chi connectivity index (χ1v) is 17.5. The van der Waals surface area contributed by atoms with Gasteiger partial charge in [-0.25, -0.2) is 0 Å². The van der Waals surface area contributed by atoms with Crippen LogP contribution in [0.3, 0.4) is 0 Å². The molecule has 48 heavy (non-hydrogen) atoms. The first-order valence-electron chi connectivity index (χ1n) is 17.5. The number of likely N-dealkylation sites (N-methyl/N-ethyl adjacent to an activating group) is 1. The van der Waals surface area contributed by atoms with Crippen LogP contribution in [0.5, 0.6) is 0 Å². The average Bonchev–Trinajstić information content (AvgIpc) is 3.57. The number of ether oxygens (including phenoxy) is 6. The zero-order valence-electron chi connectivity index (χ0n) is 30.7. The summed E-state index contributed by atoms with van der Waals surface area (Å²) in [5, 5.41) is 22.6. The molecule has 1 aliphatic carbocycles. The number of carbonyl (C=O) groups excluding carboxylic acids is 3. The van der Waals surface area contributed by atoms with E-state index in [1.807, 2.05) is 34.9 Å². The normalized spacial score (nSPS) is 46.8. The van der Waals surface area contributed by atoms with Crippen LogP contribution >= 0.6 is 0 Å². The van der Waals surface area contributed by atoms with Crippen LogP contribution in [0.4, 0.5) is 0 Å². The highest BCUT2D eigenvalue weighted by molar-refractivity contribution is 5.84. The quantitative estimate of drug-likeness (QED) is 0.390. The number of rotatable bonds is 6. The first kappa shape index (κ1) is 39.1. The minimum atomic E-state index is -1.78. The third kappa shape index (κ3) is 7.63. The fourth-order valence-electron chi connectivity index (χ4n) is 8.56. The van der Waals surface area contributed by atoms with Gasteiger partial charge in [0.15, 0.2) is 6.29 Å². The summed E-state index contributed by atoms with van der Waals surface area (Å²) in [4.78, 5) is 44.6. The molecule has 3 saturated heterocycles. The van der Waals surface area contributed by atoms with Gasteiger partial charge in [0.25, 0.3) is 0 Å². The van der Waals surface area contributed by atoms with Gasteiger partial charge in [0.2, 0.25) is 0 Å². The minimum absolute atomic E-state index is 0.0977. The number of esters is 2. The summed E-state index contributed by atoms with van der Waals surface area (Å²) < 4.78 is 37.2. The second kappa shape index (κ2) is 15.3. The van der Waals surface area contributed by atoms with Crippen molar-refractivity contribution in [1.29, 1.82) is 0 Å². The van der Waals surface area contributed by atoms with Crippen molar-refractivity contribution in [2.75, 3.05) is 47.5 Å². The van der Waals surface area contributed by atoms with Crippen LogP contribution in [-0.2, 0) is 42.8 Å². The molecule has 15 atom stereocenters. The monoisotopic (exact) mass is 684 g/mol. The molecule has 3 aliphatic heterocycles. The van der Waals surface area contributed by atoms with Crippen LogP contribution in [-0.4, -0.2) is 145 Å². The summed E-state index contributed by atoms with van der Waals surface area (Å²) in [5.74, 6) is -5.35. The predicted octanol–water partition coefficient (Wildman–Crippen LogP) is 1.65. The molecule has 0 spiro atoms. The molecule has 13 nitrogen and oxygen atoms in total. The highest BCUT2D eigenvalue weighted by Gasteiger charge is 2.70. The summed E-state index contributed by atoms with van der Waals surface area (Å²) in [6.45, 7) is 16.5. The molecule has 0 bridgehead atoms. The Morgan fingerprint density at radius 3 is 2.23 bits per heavy atom. The Balaban J connectivity index is 1.79. The number of ketones is 1. The molecule has 4 aliphatic rings. The lowest BCUT2D eigenvalue weighted by Crippen LogP contribution is -2.65. The Kier molecular flexibility index (Phi) is 12.4. The number of aliphatic hydroxyl groups excluding tert-OH is 1. The van der Waals surface area contributed by atoms with E-state index in [0.29, 0.717) is 13.2 Å². The van der Waals surface area contributed by atoms with Crippen molar-refractivity contribution in [3.05, 3.63) is 0 Å². The molecular weight excluding hydrogens is 624 g/mol. The molecular formula is C35H60N2O11. The molecule has 0 aromatic rings. The van der Waals surface area contributed by atoms with Crippen molar-refractivity contribution < 1.29 is 53.0 Å². The lowest BCUT2D eigenvalue weighted by molar-refractivity contribution is -0.291. The highest BCUT2D eigenvalue weighted by Crippen LogP contribution is 2.51. The van der Waals surface area contributed by atoms with E-state index >= 15 is 0 Å². The summed E-state index contributed by atoms with van der Waals surface area (Å²) in [6.07, 6.45) is -4.26. The molecule has 4 rings (SSSR count). The van der Waals surface area contributed by atoms with E-state index < -0.39 is 83.4 Å². The van der Waals surface area contributed by atoms with Gasteiger partial charge in [0.05, 0.1) is 49.1 Å². The molecule has 1 saturated carbocycles. The average molecular weight is 685 g/mol. The van der Waals surface area contributed by atoms with Crippen molar-refractivity contribution in [2.24, 2.45) is 29.6 Å². The molecule has 2 N–H and O–H groups in total. The maximum atomic E-state index is 13.9. The van der Waals surface area contributed by atoms with E-state index in [4.69, 9.17) is 28.4 Å². The standard InChI is InChI=1S/C35H60N2O11/c1-18-17-34(8,43-11)30(48-33-26(36(9)10)25(16-19(2)45-33)37-12-14-44-15-13-37)21(4)28(46-24(7)38)22(5)32(41)47-31-23(6)35(31,42)29(40)20(3)27(18)39/h18-23,25-26,28-31,33,40,42H,12-17H2,1-11H3/t18-,19-,20+,21+,22-,23?,25-,26+,28+,29-,30-,31-,33+,34+,35+/m1/s1. The van der Waals surface area contributed by atoms with E-state index in [9.17, 15) is 24.6 Å². The van der Waals surface area contributed by atoms with Crippen LogP contribution in [0, 0.1) is 29.6 Å². The molecule has 0 aromatic heterocycles. The fourth-order valence-corrected chi connectivity index (χ4v) is 8.56. The van der Waals surface area contributed by atoms with Gasteiger partial charge in [-0.15, -0.1) is 0 Å². The highest BCUT2D eigenvalue weighted by atomic mass is 16.7. The smallest absolute Gasteiger partial charge is 0.312 e. The van der Waals surface area contributed by atoms with Crippen LogP contribution in [0.1, 0.15) is 68.2 Å². The van der Waals surface area contributed by atoms with E-state index in [2.05, 4.69) is 9.80 Å². The number of carbonyl (C=O) groups is 3. The zero-order chi connectivity index (χ0) is 35.9. The molecule has 276 valence electrons. The number of aliphatic hydroxyl groups is 2. The lowest BCUT2D eigenvalue weighted by atomic mass is 9.75. The topological polar surface area (TPSA) is 154 Å². The van der Waals surface area contributed by atoms with Crippen molar-refractivity contribution in [3.8, 4) is 0 Å². The van der Waals surface area contributed by atoms with E-state index in [0.717, 1.165) is 19.5 Å². The number of hydrogen-bond acceptors (Lipinski definition) is 13. The molecule has 4 fully saturated rings. The molecule has 1 unspecified atom stereocenters. The van der Waals surface area contributed by atoms with Gasteiger partial charge in [0.1, 0.15) is 23.6 Å². The minimum Gasteiger partial charge on any atom is -0.461 e. The number of Topliss-reactive ketones (excluding diaryl/α,β-unsaturated/α-hetero) is 1. The van der Waals surface area contributed by atoms with Crippen molar-refractivity contribution in [3.63, 3.8) is 0 Å². The van der Waals surface area contributed by atoms with Crippen LogP contribution in [0.2, 0.25) is 0 Å². The SMILES string of the molecule is CO[C@@]1(C)C[C@@H](C)C(=O)[C@H](C)[C@@H](O)[C@@]2(O)C(C)[C@H]2OC(=O)[C@H](C)[C@@H](OC(C)=O)[C@H](C)[C@H]1O[C@@H]1O[C@H](C)C[C@@H](N2CCOCC2)[C@@H]1N(C)C. The van der Waals surface area contributed by atoms with Crippen LogP contribution in [0.25, 0.3) is 0 Å². The van der Waals surface area contributed by atoms with Gasteiger partial charge in [-0.05, 0) is 47.7 Å². The third-order valence-electron chi connectivity index (χ3n) is 11.6. The van der Waals surface area contributed by atoms with Crippen molar-refractivity contribution in [2.45, 2.75) is 128 Å². The van der Waals surface area contributed by atoms with Gasteiger partial charge in [0, 0.05) is 56.8 Å². The van der Waals surface area contributed by atoms with Crippen LogP contribution in [0.15, 0.2) is 0 Å². The molecule has 0 aromatic carbocycles. The summed E-state index contributed by atoms with van der Waals surface area (Å²) >= 11 is 0. The molecule has 13 heteroatoms. The van der Waals surface area contributed by atoms with Crippen molar-refractivity contribution in [1.82, 2.24) is 9.80 Å². The van der Waals surface area contributed by atoms with E-state index in [-0.39, 0.29) is 30.4 Å². The first-order chi connectivity index (χ1) is 22.4. The van der Waals surface area contributed by atoms with Gasteiger partial charge < -0.3 is 43.5 Å². The maximum Gasteiger partial charge on any atom is 0.312 e. The number of fused-ring (bicyclic) bond motifs is 1. The van der Waals surface area contributed by atoms with Gasteiger partial charge in [-0.3, -0.25) is 19.3 Å². The second-order valence-corrected chi connectivity index (χ2v) is 15.3. The summed E-state index contributed by atoms with van der Waals surface area (Å²) in [6, 6.07) is -0.0981. The Labute approximate surface area is 285 Å². The summed E-state index contributed by atoms with van der Waals surface area (Å²) in [7, 11) is 5.53. The number of methoxy groups -OCH3 is 1. The zero-order valence-corrected chi connectivity index (χ0v) is 30.7. The Morgan fingerprint density at radius 2 is 1.67 bits per heavy atom. The summed E-state index contributed by atoms with van der Waals surface area (Å²) in [5.41, 5.74) is -2.94. The molecule has 0 amide bonds. The van der Waals surface area contributed by atoms with Gasteiger partial charge in [-0.1, -0.05) is 27.7 Å². The lowest BCUT2D eigenvalue weighted by Gasteiger charge is -2.52. The Bertz CT molecular complexity index is 1150. The largest absolute Gasteiger partial charge is 0.461 e. The number of morpholine rings is 1. The molecule has 3 heterocycles. The second-order valence-electron chi connectivity index (χ2n) is 15.3. The van der Waals surface area contributed by atoms with E-state index in [1.54, 1.807) is 34.8 Å². The Morgan fingerprint density at radius 1 is 1.04 bits per heavy atom. The van der Waals surface area contributed by atoms with Gasteiger partial charge >= 0.3 is 11.9 Å².